The van der Waals surface area contributed by atoms with Crippen molar-refractivity contribution in [3.05, 3.63) is 39.9 Å². The van der Waals surface area contributed by atoms with Crippen LogP contribution in [0.4, 0.5) is 0 Å². The van der Waals surface area contributed by atoms with Crippen molar-refractivity contribution in [1.29, 1.82) is 0 Å². The fraction of sp³-hybridized carbons (Fsp3) is 0.100. The van der Waals surface area contributed by atoms with Crippen LogP contribution >= 0.6 is 23.2 Å². The lowest BCUT2D eigenvalue weighted by atomic mass is 10.2. The SMILES string of the molecule is COC(=O)C(Cl)=Cc1ccc(Cl)cc1. The molecule has 1 aromatic carbocycles. The maximum absolute atomic E-state index is 10.9. The molecule has 0 saturated carbocycles. The average molecular weight is 231 g/mol. The Kier molecular flexibility index (Phi) is 3.98. The van der Waals surface area contributed by atoms with Crippen LogP contribution < -0.4 is 0 Å². The molecule has 0 bridgehead atoms. The molecule has 0 saturated heterocycles. The summed E-state index contributed by atoms with van der Waals surface area (Å²) in [6.45, 7) is 0. The highest BCUT2D eigenvalue weighted by atomic mass is 35.5. The highest BCUT2D eigenvalue weighted by molar-refractivity contribution is 6.43. The van der Waals surface area contributed by atoms with E-state index in [0.717, 1.165) is 5.56 Å². The number of methoxy groups -OCH3 is 1. The molecule has 0 amide bonds. The lowest BCUT2D eigenvalue weighted by Gasteiger charge is -1.97. The Hall–Kier alpha value is -0.990. The second-order valence-electron chi connectivity index (χ2n) is 2.54. The molecule has 0 aliphatic heterocycles. The van der Waals surface area contributed by atoms with Crippen LogP contribution in [0.15, 0.2) is 29.3 Å². The van der Waals surface area contributed by atoms with Crippen LogP contribution in [0.5, 0.6) is 0 Å². The van der Waals surface area contributed by atoms with Gasteiger partial charge in [0.05, 0.1) is 7.11 Å². The van der Waals surface area contributed by atoms with E-state index in [-0.39, 0.29) is 5.03 Å². The Labute approximate surface area is 92.1 Å². The summed E-state index contributed by atoms with van der Waals surface area (Å²) in [5.41, 5.74) is 0.796. The van der Waals surface area contributed by atoms with Crippen molar-refractivity contribution in [2.45, 2.75) is 0 Å². The number of rotatable bonds is 2. The number of carbonyl (C=O) groups excluding carboxylic acids is 1. The third-order valence-corrected chi connectivity index (χ3v) is 2.06. The van der Waals surface area contributed by atoms with Crippen LogP contribution in [-0.4, -0.2) is 13.1 Å². The summed E-state index contributed by atoms with van der Waals surface area (Å²) in [6, 6.07) is 6.95. The minimum Gasteiger partial charge on any atom is -0.465 e. The molecule has 0 atom stereocenters. The van der Waals surface area contributed by atoms with Crippen molar-refractivity contribution >= 4 is 35.2 Å². The molecule has 0 aliphatic carbocycles. The zero-order valence-corrected chi connectivity index (χ0v) is 8.97. The van der Waals surface area contributed by atoms with Crippen LogP contribution in [0.1, 0.15) is 5.56 Å². The molecule has 1 rings (SSSR count). The minimum atomic E-state index is -0.554. The third-order valence-electron chi connectivity index (χ3n) is 1.54. The first-order valence-electron chi connectivity index (χ1n) is 3.84. The van der Waals surface area contributed by atoms with E-state index in [1.807, 2.05) is 0 Å². The highest BCUT2D eigenvalue weighted by Crippen LogP contribution is 2.14. The predicted octanol–water partition coefficient (Wildman–Crippen LogP) is 3.09. The summed E-state index contributed by atoms with van der Waals surface area (Å²) in [7, 11) is 1.28. The van der Waals surface area contributed by atoms with Gasteiger partial charge in [-0.05, 0) is 23.8 Å². The van der Waals surface area contributed by atoms with Crippen molar-refractivity contribution in [3.8, 4) is 0 Å². The van der Waals surface area contributed by atoms with Crippen molar-refractivity contribution in [2.24, 2.45) is 0 Å². The third kappa shape index (κ3) is 3.05. The van der Waals surface area contributed by atoms with Crippen molar-refractivity contribution in [3.63, 3.8) is 0 Å². The Morgan fingerprint density at radius 2 is 1.93 bits per heavy atom. The fourth-order valence-corrected chi connectivity index (χ4v) is 1.19. The molecular formula is C10H8Cl2O2. The van der Waals surface area contributed by atoms with Crippen molar-refractivity contribution < 1.29 is 9.53 Å². The Morgan fingerprint density at radius 3 is 2.43 bits per heavy atom. The van der Waals surface area contributed by atoms with Crippen LogP contribution in [0, 0.1) is 0 Å². The quantitative estimate of drug-likeness (QED) is 0.577. The van der Waals surface area contributed by atoms with Gasteiger partial charge in [0.25, 0.3) is 0 Å². The summed E-state index contributed by atoms with van der Waals surface area (Å²) >= 11 is 11.4. The number of halogens is 2. The van der Waals surface area contributed by atoms with Gasteiger partial charge in [0, 0.05) is 5.02 Å². The predicted molar refractivity (Wildman–Crippen MR) is 57.3 cm³/mol. The fourth-order valence-electron chi connectivity index (χ4n) is 0.862. The summed E-state index contributed by atoms with van der Waals surface area (Å²) in [5.74, 6) is -0.554. The number of ether oxygens (including phenoxy) is 1. The van der Waals surface area contributed by atoms with Crippen LogP contribution in [0.2, 0.25) is 5.02 Å². The zero-order valence-electron chi connectivity index (χ0n) is 7.46. The van der Waals surface area contributed by atoms with Gasteiger partial charge in [0.15, 0.2) is 0 Å². The summed E-state index contributed by atoms with van der Waals surface area (Å²) < 4.78 is 4.44. The topological polar surface area (TPSA) is 26.3 Å². The normalized spacial score (nSPS) is 11.2. The molecule has 0 N–H and O–H groups in total. The van der Waals surface area contributed by atoms with Crippen LogP contribution in [0.25, 0.3) is 6.08 Å². The zero-order chi connectivity index (χ0) is 10.6. The first-order chi connectivity index (χ1) is 6.63. The number of hydrogen-bond acceptors (Lipinski definition) is 2. The van der Waals surface area contributed by atoms with Crippen LogP contribution in [0.3, 0.4) is 0 Å². The van der Waals surface area contributed by atoms with E-state index >= 15 is 0 Å². The smallest absolute Gasteiger partial charge is 0.349 e. The van der Waals surface area contributed by atoms with E-state index in [4.69, 9.17) is 23.2 Å². The van der Waals surface area contributed by atoms with E-state index in [1.165, 1.54) is 13.2 Å². The highest BCUT2D eigenvalue weighted by Gasteiger charge is 2.04. The molecule has 0 aliphatic rings. The van der Waals surface area contributed by atoms with Gasteiger partial charge in [0.2, 0.25) is 0 Å². The van der Waals surface area contributed by atoms with Gasteiger partial charge in [-0.1, -0.05) is 35.3 Å². The summed E-state index contributed by atoms with van der Waals surface area (Å²) in [5, 5.41) is 0.672. The lowest BCUT2D eigenvalue weighted by molar-refractivity contribution is -0.135. The molecule has 74 valence electrons. The number of carbonyl (C=O) groups is 1. The Bertz CT molecular complexity index is 355. The van der Waals surface area contributed by atoms with Gasteiger partial charge in [-0.2, -0.15) is 0 Å². The molecule has 0 spiro atoms. The molecule has 1 aromatic rings. The van der Waals surface area contributed by atoms with E-state index in [1.54, 1.807) is 24.3 Å². The first-order valence-corrected chi connectivity index (χ1v) is 4.60. The van der Waals surface area contributed by atoms with Crippen LogP contribution in [-0.2, 0) is 9.53 Å². The van der Waals surface area contributed by atoms with E-state index in [0.29, 0.717) is 5.02 Å². The molecule has 0 heterocycles. The molecule has 0 radical (unpaired) electrons. The second kappa shape index (κ2) is 5.03. The Balaban J connectivity index is 2.86. The number of benzene rings is 1. The van der Waals surface area contributed by atoms with Crippen molar-refractivity contribution in [1.82, 2.24) is 0 Å². The standard InChI is InChI=1S/C10H8Cl2O2/c1-14-10(13)9(12)6-7-2-4-8(11)5-3-7/h2-6H,1H3. The molecule has 0 aromatic heterocycles. The van der Waals surface area contributed by atoms with Gasteiger partial charge >= 0.3 is 5.97 Å². The number of hydrogen-bond donors (Lipinski definition) is 0. The average Bonchev–Trinajstić information content (AvgIpc) is 2.20. The van der Waals surface area contributed by atoms with E-state index in [2.05, 4.69) is 4.74 Å². The maximum atomic E-state index is 10.9. The van der Waals surface area contributed by atoms with Gasteiger partial charge in [-0.15, -0.1) is 0 Å². The molecule has 4 heteroatoms. The number of esters is 1. The monoisotopic (exact) mass is 230 g/mol. The maximum Gasteiger partial charge on any atom is 0.349 e. The lowest BCUT2D eigenvalue weighted by Crippen LogP contribution is -1.98. The molecule has 0 unspecified atom stereocenters. The van der Waals surface area contributed by atoms with E-state index in [9.17, 15) is 4.79 Å². The molecular weight excluding hydrogens is 223 g/mol. The first kappa shape index (κ1) is 11.1. The van der Waals surface area contributed by atoms with E-state index < -0.39 is 5.97 Å². The van der Waals surface area contributed by atoms with Gasteiger partial charge in [-0.25, -0.2) is 4.79 Å². The largest absolute Gasteiger partial charge is 0.465 e. The Morgan fingerprint density at radius 1 is 1.36 bits per heavy atom. The second-order valence-corrected chi connectivity index (χ2v) is 3.38. The van der Waals surface area contributed by atoms with Gasteiger partial charge in [0.1, 0.15) is 5.03 Å². The summed E-state index contributed by atoms with van der Waals surface area (Å²) in [6.07, 6.45) is 1.52. The van der Waals surface area contributed by atoms with Gasteiger partial charge < -0.3 is 4.74 Å². The molecule has 2 nitrogen and oxygen atoms in total. The molecule has 14 heavy (non-hydrogen) atoms. The van der Waals surface area contributed by atoms with Crippen molar-refractivity contribution in [2.75, 3.05) is 7.11 Å². The van der Waals surface area contributed by atoms with Gasteiger partial charge in [-0.3, -0.25) is 0 Å². The minimum absolute atomic E-state index is 0.0369. The summed E-state index contributed by atoms with van der Waals surface area (Å²) in [4.78, 5) is 10.9. The molecule has 0 fully saturated rings.